The highest BCUT2D eigenvalue weighted by Crippen LogP contribution is 2.27. The second-order valence-electron chi connectivity index (χ2n) is 5.81. The van der Waals surface area contributed by atoms with E-state index in [1.54, 1.807) is 4.40 Å². The number of rotatable bonds is 4. The summed E-state index contributed by atoms with van der Waals surface area (Å²) in [5.41, 5.74) is 8.11. The van der Waals surface area contributed by atoms with E-state index >= 15 is 0 Å². The van der Waals surface area contributed by atoms with E-state index in [1.165, 1.54) is 0 Å². The van der Waals surface area contributed by atoms with Gasteiger partial charge in [-0.1, -0.05) is 6.92 Å². The second-order valence-corrected chi connectivity index (χ2v) is 5.81. The molecule has 1 amide bonds. The first-order valence-corrected chi connectivity index (χ1v) is 8.02. The van der Waals surface area contributed by atoms with Gasteiger partial charge in [0.2, 0.25) is 0 Å². The predicted octanol–water partition coefficient (Wildman–Crippen LogP) is 1.28. The third-order valence-electron chi connectivity index (χ3n) is 4.09. The number of anilines is 2. The summed E-state index contributed by atoms with van der Waals surface area (Å²) >= 11 is 0. The molecule has 1 aliphatic heterocycles. The Morgan fingerprint density at radius 2 is 2.39 bits per heavy atom. The number of nitrogen functional groups attached to an aromatic ring is 1. The van der Waals surface area contributed by atoms with Crippen LogP contribution in [0.2, 0.25) is 0 Å². The first kappa shape index (κ1) is 15.6. The van der Waals surface area contributed by atoms with Crippen LogP contribution in [0.25, 0.3) is 5.65 Å². The zero-order valence-electron chi connectivity index (χ0n) is 13.6. The number of aromatic nitrogens is 2. The van der Waals surface area contributed by atoms with E-state index in [2.05, 4.69) is 22.1 Å². The Labute approximate surface area is 135 Å². The quantitative estimate of drug-likeness (QED) is 0.887. The molecule has 0 radical (unpaired) electrons. The summed E-state index contributed by atoms with van der Waals surface area (Å²) in [7, 11) is 0. The fourth-order valence-electron chi connectivity index (χ4n) is 2.87. The molecule has 0 aromatic carbocycles. The van der Waals surface area contributed by atoms with Crippen molar-refractivity contribution < 1.29 is 9.53 Å². The maximum Gasteiger partial charge on any atom is 0.273 e. The number of imidazole rings is 1. The van der Waals surface area contributed by atoms with Crippen LogP contribution >= 0.6 is 0 Å². The van der Waals surface area contributed by atoms with E-state index in [1.807, 2.05) is 25.3 Å². The molecule has 1 saturated heterocycles. The van der Waals surface area contributed by atoms with Crippen LogP contribution in [0, 0.1) is 0 Å². The van der Waals surface area contributed by atoms with Crippen molar-refractivity contribution in [1.29, 1.82) is 0 Å². The Kier molecular flexibility index (Phi) is 4.38. The van der Waals surface area contributed by atoms with Gasteiger partial charge in [-0.3, -0.25) is 9.20 Å². The van der Waals surface area contributed by atoms with E-state index in [4.69, 9.17) is 10.5 Å². The average Bonchev–Trinajstić information content (AvgIpc) is 2.90. The van der Waals surface area contributed by atoms with Crippen LogP contribution in [0.3, 0.4) is 0 Å². The minimum Gasteiger partial charge on any atom is -0.383 e. The lowest BCUT2D eigenvalue weighted by molar-refractivity contribution is 0.0950. The Bertz CT molecular complexity index is 712. The van der Waals surface area contributed by atoms with Gasteiger partial charge in [0, 0.05) is 25.3 Å². The standard InChI is InChI=1S/C16H23N5O2/c1-3-6-18-16(22)13-14(17)21-7-4-5-12(15(21)19-13)20-8-9-23-10-11(20)2/h4-5,7,11H,3,6,8-10,17H2,1-2H3,(H,18,22). The zero-order valence-corrected chi connectivity index (χ0v) is 13.6. The van der Waals surface area contributed by atoms with Crippen molar-refractivity contribution in [3.05, 3.63) is 24.0 Å². The van der Waals surface area contributed by atoms with E-state index in [-0.39, 0.29) is 17.6 Å². The fourth-order valence-corrected chi connectivity index (χ4v) is 2.87. The zero-order chi connectivity index (χ0) is 16.4. The van der Waals surface area contributed by atoms with Crippen molar-refractivity contribution in [2.45, 2.75) is 26.3 Å². The molecule has 7 heteroatoms. The molecular formula is C16H23N5O2. The van der Waals surface area contributed by atoms with Gasteiger partial charge in [-0.05, 0) is 25.5 Å². The van der Waals surface area contributed by atoms with Crippen LogP contribution in [0.15, 0.2) is 18.3 Å². The first-order chi connectivity index (χ1) is 11.1. The summed E-state index contributed by atoms with van der Waals surface area (Å²) < 4.78 is 7.28. The first-order valence-electron chi connectivity index (χ1n) is 8.02. The minimum absolute atomic E-state index is 0.228. The van der Waals surface area contributed by atoms with Gasteiger partial charge in [0.15, 0.2) is 11.3 Å². The summed E-state index contributed by atoms with van der Waals surface area (Å²) in [5, 5.41) is 2.83. The lowest BCUT2D eigenvalue weighted by atomic mass is 10.2. The maximum absolute atomic E-state index is 12.2. The monoisotopic (exact) mass is 317 g/mol. The fraction of sp³-hybridized carbons (Fsp3) is 0.500. The van der Waals surface area contributed by atoms with E-state index < -0.39 is 0 Å². The van der Waals surface area contributed by atoms with Gasteiger partial charge in [-0.15, -0.1) is 0 Å². The van der Waals surface area contributed by atoms with Crippen LogP contribution in [-0.2, 0) is 4.74 Å². The lowest BCUT2D eigenvalue weighted by Crippen LogP contribution is -2.43. The number of carbonyl (C=O) groups is 1. The van der Waals surface area contributed by atoms with Crippen LogP contribution in [0.1, 0.15) is 30.8 Å². The Morgan fingerprint density at radius 3 is 3.13 bits per heavy atom. The number of morpholine rings is 1. The van der Waals surface area contributed by atoms with Crippen LogP contribution in [0.4, 0.5) is 11.5 Å². The van der Waals surface area contributed by atoms with Gasteiger partial charge in [0.1, 0.15) is 5.82 Å². The number of amides is 1. The molecule has 2 aromatic rings. The van der Waals surface area contributed by atoms with Crippen molar-refractivity contribution in [3.63, 3.8) is 0 Å². The van der Waals surface area contributed by atoms with Crippen LogP contribution in [-0.4, -0.2) is 47.6 Å². The molecule has 3 rings (SSSR count). The Hall–Kier alpha value is -2.28. The number of nitrogens with zero attached hydrogens (tertiary/aromatic N) is 3. The molecule has 1 atom stereocenters. The highest BCUT2D eigenvalue weighted by molar-refractivity contribution is 5.98. The van der Waals surface area contributed by atoms with Crippen molar-refractivity contribution in [3.8, 4) is 0 Å². The number of fused-ring (bicyclic) bond motifs is 1. The van der Waals surface area contributed by atoms with Gasteiger partial charge >= 0.3 is 0 Å². The summed E-state index contributed by atoms with van der Waals surface area (Å²) in [6, 6.07) is 4.19. The van der Waals surface area contributed by atoms with Gasteiger partial charge in [-0.2, -0.15) is 0 Å². The average molecular weight is 317 g/mol. The number of hydrogen-bond donors (Lipinski definition) is 2. The van der Waals surface area contributed by atoms with Crippen molar-refractivity contribution in [2.75, 3.05) is 36.9 Å². The molecular weight excluding hydrogens is 294 g/mol. The molecule has 1 fully saturated rings. The van der Waals surface area contributed by atoms with Crippen molar-refractivity contribution >= 4 is 23.1 Å². The topological polar surface area (TPSA) is 84.9 Å². The molecule has 1 aliphatic rings. The molecule has 7 nitrogen and oxygen atoms in total. The Morgan fingerprint density at radius 1 is 1.57 bits per heavy atom. The maximum atomic E-state index is 12.2. The number of pyridine rings is 1. The molecule has 23 heavy (non-hydrogen) atoms. The molecule has 0 aliphatic carbocycles. The van der Waals surface area contributed by atoms with Crippen LogP contribution in [0.5, 0.6) is 0 Å². The van der Waals surface area contributed by atoms with E-state index in [9.17, 15) is 4.79 Å². The number of ether oxygens (including phenoxy) is 1. The van der Waals surface area contributed by atoms with Gasteiger partial charge in [0.05, 0.1) is 18.9 Å². The van der Waals surface area contributed by atoms with Gasteiger partial charge < -0.3 is 20.7 Å². The van der Waals surface area contributed by atoms with Crippen molar-refractivity contribution in [2.24, 2.45) is 0 Å². The minimum atomic E-state index is -0.228. The highest BCUT2D eigenvalue weighted by Gasteiger charge is 2.24. The van der Waals surface area contributed by atoms with E-state index in [0.717, 1.165) is 18.7 Å². The molecule has 3 N–H and O–H groups in total. The van der Waals surface area contributed by atoms with Gasteiger partial charge in [0.25, 0.3) is 5.91 Å². The Balaban J connectivity index is 2.02. The van der Waals surface area contributed by atoms with Crippen LogP contribution < -0.4 is 16.0 Å². The third-order valence-corrected chi connectivity index (χ3v) is 4.09. The summed E-state index contributed by atoms with van der Waals surface area (Å²) in [4.78, 5) is 19.0. The highest BCUT2D eigenvalue weighted by atomic mass is 16.5. The third kappa shape index (κ3) is 2.84. The number of hydrogen-bond acceptors (Lipinski definition) is 5. The second kappa shape index (κ2) is 6.45. The molecule has 2 aromatic heterocycles. The molecule has 0 saturated carbocycles. The smallest absolute Gasteiger partial charge is 0.273 e. The molecule has 124 valence electrons. The van der Waals surface area contributed by atoms with Crippen molar-refractivity contribution in [1.82, 2.24) is 14.7 Å². The lowest BCUT2D eigenvalue weighted by Gasteiger charge is -2.35. The van der Waals surface area contributed by atoms with Gasteiger partial charge in [-0.25, -0.2) is 4.98 Å². The molecule has 0 spiro atoms. The van der Waals surface area contributed by atoms with E-state index in [0.29, 0.717) is 31.2 Å². The molecule has 3 heterocycles. The summed E-state index contributed by atoms with van der Waals surface area (Å²) in [5.74, 6) is 0.144. The summed E-state index contributed by atoms with van der Waals surface area (Å²) in [6.07, 6.45) is 2.71. The molecule has 0 bridgehead atoms. The summed E-state index contributed by atoms with van der Waals surface area (Å²) in [6.45, 7) is 6.89. The number of carbonyl (C=O) groups excluding carboxylic acids is 1. The number of nitrogens with two attached hydrogens (primary N) is 1. The number of nitrogens with one attached hydrogen (secondary N) is 1. The largest absolute Gasteiger partial charge is 0.383 e. The molecule has 1 unspecified atom stereocenters. The predicted molar refractivity (Wildman–Crippen MR) is 89.9 cm³/mol. The SMILES string of the molecule is CCCNC(=O)c1nc2c(N3CCOCC3C)cccn2c1N. The normalized spacial score (nSPS) is 18.3.